The number of imide groups is 1. The first-order valence-corrected chi connectivity index (χ1v) is 13.2. The highest BCUT2D eigenvalue weighted by atomic mass is 16.6. The molecule has 1 unspecified atom stereocenters. The summed E-state index contributed by atoms with van der Waals surface area (Å²) in [5, 5.41) is 5.83. The molecule has 0 spiro atoms. The number of hydrogen-bond donors (Lipinski definition) is 2. The number of nitrogens with zero attached hydrogens (tertiary/aromatic N) is 3. The van der Waals surface area contributed by atoms with E-state index in [-0.39, 0.29) is 24.3 Å². The van der Waals surface area contributed by atoms with E-state index in [0.717, 1.165) is 43.6 Å². The van der Waals surface area contributed by atoms with Crippen LogP contribution < -0.4 is 10.6 Å². The second-order valence-corrected chi connectivity index (χ2v) is 11.2. The van der Waals surface area contributed by atoms with Gasteiger partial charge in [0, 0.05) is 55.5 Å². The molecule has 1 aromatic rings. The first-order chi connectivity index (χ1) is 17.5. The summed E-state index contributed by atoms with van der Waals surface area (Å²) < 4.78 is 5.49. The molecular formula is C27H39N5O5. The monoisotopic (exact) mass is 513 g/mol. The number of likely N-dealkylation sites (tertiary alicyclic amines) is 1. The van der Waals surface area contributed by atoms with Crippen molar-refractivity contribution in [3.63, 3.8) is 0 Å². The van der Waals surface area contributed by atoms with E-state index in [2.05, 4.69) is 22.6 Å². The molecule has 202 valence electrons. The fourth-order valence-electron chi connectivity index (χ4n) is 5.30. The molecule has 1 atom stereocenters. The van der Waals surface area contributed by atoms with E-state index in [4.69, 9.17) is 4.74 Å². The van der Waals surface area contributed by atoms with Gasteiger partial charge in [-0.25, -0.2) is 4.79 Å². The summed E-state index contributed by atoms with van der Waals surface area (Å²) in [6, 6.07) is 5.44. The van der Waals surface area contributed by atoms with E-state index in [1.807, 2.05) is 32.9 Å². The van der Waals surface area contributed by atoms with Gasteiger partial charge in [-0.05, 0) is 72.2 Å². The predicted octanol–water partition coefficient (Wildman–Crippen LogP) is 2.58. The standard InChI is InChI=1S/C27H39N5O5/c1-27(2,3)37-26(36)31-15-11-18(12-16-31)30(4)14-6-13-28-21-8-5-7-19-20(21)17-32(25(19)35)22-9-10-23(33)29-24(22)34/h5,7-8,18,22,28H,6,9-17H2,1-4H3,(H,29,33,34). The van der Waals surface area contributed by atoms with Gasteiger partial charge in [-0.3, -0.25) is 19.7 Å². The lowest BCUT2D eigenvalue weighted by Gasteiger charge is -2.37. The highest BCUT2D eigenvalue weighted by Crippen LogP contribution is 2.32. The van der Waals surface area contributed by atoms with Crippen LogP contribution in [0.3, 0.4) is 0 Å². The molecule has 37 heavy (non-hydrogen) atoms. The number of carbonyl (C=O) groups is 4. The van der Waals surface area contributed by atoms with Crippen LogP contribution in [-0.4, -0.2) is 89.4 Å². The summed E-state index contributed by atoms with van der Waals surface area (Å²) in [5.41, 5.74) is 1.95. The summed E-state index contributed by atoms with van der Waals surface area (Å²) in [6.45, 7) is 9.09. The maximum absolute atomic E-state index is 13.0. The molecule has 0 aliphatic carbocycles. The molecule has 3 heterocycles. The molecule has 2 N–H and O–H groups in total. The molecule has 10 heteroatoms. The first-order valence-electron chi connectivity index (χ1n) is 13.2. The average Bonchev–Trinajstić information content (AvgIpc) is 3.17. The zero-order chi connectivity index (χ0) is 26.7. The molecule has 0 saturated carbocycles. The maximum Gasteiger partial charge on any atom is 0.410 e. The van der Waals surface area contributed by atoms with Crippen molar-refractivity contribution >= 4 is 29.5 Å². The number of rotatable bonds is 7. The van der Waals surface area contributed by atoms with Gasteiger partial charge in [-0.1, -0.05) is 6.07 Å². The summed E-state index contributed by atoms with van der Waals surface area (Å²) >= 11 is 0. The summed E-state index contributed by atoms with van der Waals surface area (Å²) in [6.07, 6.45) is 3.15. The highest BCUT2D eigenvalue weighted by Gasteiger charge is 2.39. The third kappa shape index (κ3) is 6.41. The van der Waals surface area contributed by atoms with Crippen molar-refractivity contribution in [2.24, 2.45) is 0 Å². The number of anilines is 1. The molecule has 0 aromatic heterocycles. The lowest BCUT2D eigenvalue weighted by Crippen LogP contribution is -2.52. The average molecular weight is 514 g/mol. The Balaban J connectivity index is 1.23. The Morgan fingerprint density at radius 3 is 2.57 bits per heavy atom. The number of amides is 4. The summed E-state index contributed by atoms with van der Waals surface area (Å²) in [5.74, 6) is -0.844. The molecule has 3 aliphatic heterocycles. The van der Waals surface area contributed by atoms with Crippen LogP contribution in [0.2, 0.25) is 0 Å². The Kier molecular flexibility index (Phi) is 8.06. The third-order valence-electron chi connectivity index (χ3n) is 7.32. The first kappa shape index (κ1) is 26.9. The number of piperidine rings is 2. The Labute approximate surface area is 218 Å². The minimum atomic E-state index is -0.610. The van der Waals surface area contributed by atoms with Crippen LogP contribution in [0.1, 0.15) is 68.8 Å². The van der Waals surface area contributed by atoms with Crippen LogP contribution in [0.15, 0.2) is 18.2 Å². The minimum Gasteiger partial charge on any atom is -0.444 e. The van der Waals surface area contributed by atoms with E-state index in [1.54, 1.807) is 15.9 Å². The number of benzene rings is 1. The van der Waals surface area contributed by atoms with Gasteiger partial charge in [0.05, 0.1) is 0 Å². The fraction of sp³-hybridized carbons (Fsp3) is 0.630. The minimum absolute atomic E-state index is 0.161. The van der Waals surface area contributed by atoms with Crippen molar-refractivity contribution in [3.8, 4) is 0 Å². The maximum atomic E-state index is 13.0. The van der Waals surface area contributed by atoms with Gasteiger partial charge in [-0.15, -0.1) is 0 Å². The van der Waals surface area contributed by atoms with Crippen LogP contribution in [0.4, 0.5) is 10.5 Å². The van der Waals surface area contributed by atoms with Gasteiger partial charge in [-0.2, -0.15) is 0 Å². The lowest BCUT2D eigenvalue weighted by molar-refractivity contribution is -0.136. The van der Waals surface area contributed by atoms with E-state index in [9.17, 15) is 19.2 Å². The molecule has 2 saturated heterocycles. The zero-order valence-corrected chi connectivity index (χ0v) is 22.3. The van der Waals surface area contributed by atoms with Crippen molar-refractivity contribution in [1.82, 2.24) is 20.0 Å². The second kappa shape index (κ2) is 11.1. The molecule has 4 rings (SSSR count). The number of nitrogens with one attached hydrogen (secondary N) is 2. The van der Waals surface area contributed by atoms with Crippen molar-refractivity contribution in [2.75, 3.05) is 38.5 Å². The largest absolute Gasteiger partial charge is 0.444 e. The van der Waals surface area contributed by atoms with Crippen LogP contribution >= 0.6 is 0 Å². The Morgan fingerprint density at radius 2 is 1.89 bits per heavy atom. The summed E-state index contributed by atoms with van der Waals surface area (Å²) in [4.78, 5) is 54.8. The number of ether oxygens (including phenoxy) is 1. The topological polar surface area (TPSA) is 111 Å². The quantitative estimate of drug-likeness (QED) is 0.426. The highest BCUT2D eigenvalue weighted by molar-refractivity contribution is 6.06. The van der Waals surface area contributed by atoms with Crippen LogP contribution in [0, 0.1) is 0 Å². The number of fused-ring (bicyclic) bond motifs is 1. The Bertz CT molecular complexity index is 1040. The lowest BCUT2D eigenvalue weighted by atomic mass is 10.0. The molecule has 1 aromatic carbocycles. The predicted molar refractivity (Wildman–Crippen MR) is 139 cm³/mol. The smallest absolute Gasteiger partial charge is 0.410 e. The van der Waals surface area contributed by atoms with Gasteiger partial charge in [0.2, 0.25) is 11.8 Å². The van der Waals surface area contributed by atoms with Crippen LogP contribution in [0.5, 0.6) is 0 Å². The van der Waals surface area contributed by atoms with Crippen LogP contribution in [-0.2, 0) is 20.9 Å². The van der Waals surface area contributed by atoms with E-state index in [0.29, 0.717) is 37.7 Å². The molecule has 0 radical (unpaired) electrons. The third-order valence-corrected chi connectivity index (χ3v) is 7.32. The van der Waals surface area contributed by atoms with Gasteiger partial charge in [0.1, 0.15) is 11.6 Å². The number of carbonyl (C=O) groups excluding carboxylic acids is 4. The van der Waals surface area contributed by atoms with Gasteiger partial charge < -0.3 is 24.8 Å². The van der Waals surface area contributed by atoms with E-state index >= 15 is 0 Å². The van der Waals surface area contributed by atoms with Crippen LogP contribution in [0.25, 0.3) is 0 Å². The second-order valence-electron chi connectivity index (χ2n) is 11.2. The van der Waals surface area contributed by atoms with E-state index < -0.39 is 17.6 Å². The fourth-order valence-corrected chi connectivity index (χ4v) is 5.30. The van der Waals surface area contributed by atoms with Crippen molar-refractivity contribution in [3.05, 3.63) is 29.3 Å². The van der Waals surface area contributed by atoms with E-state index in [1.165, 1.54) is 0 Å². The van der Waals surface area contributed by atoms with Crippen molar-refractivity contribution in [1.29, 1.82) is 0 Å². The molecule has 4 amide bonds. The Hall–Kier alpha value is -3.14. The van der Waals surface area contributed by atoms with Crippen molar-refractivity contribution in [2.45, 2.75) is 77.1 Å². The van der Waals surface area contributed by atoms with Gasteiger partial charge >= 0.3 is 6.09 Å². The number of hydrogen-bond acceptors (Lipinski definition) is 7. The normalized spacial score (nSPS) is 20.8. The van der Waals surface area contributed by atoms with Gasteiger partial charge in [0.25, 0.3) is 5.91 Å². The van der Waals surface area contributed by atoms with Gasteiger partial charge in [0.15, 0.2) is 0 Å². The molecular weight excluding hydrogens is 474 g/mol. The summed E-state index contributed by atoms with van der Waals surface area (Å²) in [7, 11) is 2.13. The SMILES string of the molecule is CN(CCCNc1cccc2c1CN(C1CCC(=O)NC1=O)C2=O)C1CCN(C(=O)OC(C)(C)C)CC1. The van der Waals surface area contributed by atoms with Crippen molar-refractivity contribution < 1.29 is 23.9 Å². The molecule has 3 aliphatic rings. The zero-order valence-electron chi connectivity index (χ0n) is 22.3. The molecule has 2 fully saturated rings. The Morgan fingerprint density at radius 1 is 1.16 bits per heavy atom. The molecule has 10 nitrogen and oxygen atoms in total. The molecule has 0 bridgehead atoms.